The van der Waals surface area contributed by atoms with Crippen LogP contribution in [0.15, 0.2) is 24.3 Å². The fourth-order valence-electron chi connectivity index (χ4n) is 2.65. The standard InChI is InChI=1S/C15H22N2O4S/c1-12(15(18)21-3)11-22(19,20)17-10-6-9-16(2)13-7-4-5-8-14(13)17/h4-5,7-8,12H,6,9-11H2,1-3H3. The van der Waals surface area contributed by atoms with Gasteiger partial charge in [-0.3, -0.25) is 9.10 Å². The van der Waals surface area contributed by atoms with Gasteiger partial charge in [-0.2, -0.15) is 0 Å². The third-order valence-electron chi connectivity index (χ3n) is 3.82. The van der Waals surface area contributed by atoms with Gasteiger partial charge < -0.3 is 9.64 Å². The predicted octanol–water partition coefficient (Wildman–Crippen LogP) is 1.47. The second-order valence-electron chi connectivity index (χ2n) is 5.54. The zero-order valence-electron chi connectivity index (χ0n) is 13.2. The lowest BCUT2D eigenvalue weighted by Gasteiger charge is -2.26. The highest BCUT2D eigenvalue weighted by atomic mass is 32.2. The Balaban J connectivity index is 2.34. The van der Waals surface area contributed by atoms with Gasteiger partial charge in [-0.15, -0.1) is 0 Å². The summed E-state index contributed by atoms with van der Waals surface area (Å²) in [5.74, 6) is -1.45. The van der Waals surface area contributed by atoms with Crippen LogP contribution in [0.4, 0.5) is 11.4 Å². The maximum Gasteiger partial charge on any atom is 0.309 e. The fourth-order valence-corrected chi connectivity index (χ4v) is 4.46. The molecule has 0 N–H and O–H groups in total. The van der Waals surface area contributed by atoms with E-state index in [1.807, 2.05) is 25.2 Å². The molecule has 1 aliphatic rings. The summed E-state index contributed by atoms with van der Waals surface area (Å²) in [4.78, 5) is 13.6. The summed E-state index contributed by atoms with van der Waals surface area (Å²) >= 11 is 0. The number of anilines is 2. The largest absolute Gasteiger partial charge is 0.469 e. The van der Waals surface area contributed by atoms with E-state index in [9.17, 15) is 13.2 Å². The van der Waals surface area contributed by atoms with Gasteiger partial charge in [0.2, 0.25) is 10.0 Å². The smallest absolute Gasteiger partial charge is 0.309 e. The van der Waals surface area contributed by atoms with Crippen LogP contribution >= 0.6 is 0 Å². The van der Waals surface area contributed by atoms with Crippen LogP contribution in [0, 0.1) is 5.92 Å². The van der Waals surface area contributed by atoms with E-state index in [-0.39, 0.29) is 5.75 Å². The van der Waals surface area contributed by atoms with E-state index >= 15 is 0 Å². The van der Waals surface area contributed by atoms with E-state index in [1.165, 1.54) is 11.4 Å². The van der Waals surface area contributed by atoms with E-state index in [4.69, 9.17) is 0 Å². The molecule has 0 aromatic heterocycles. The lowest BCUT2D eigenvalue weighted by atomic mass is 10.2. The third-order valence-corrected chi connectivity index (χ3v) is 5.79. The molecule has 0 spiro atoms. The Morgan fingerprint density at radius 3 is 2.55 bits per heavy atom. The summed E-state index contributed by atoms with van der Waals surface area (Å²) in [6, 6.07) is 7.43. The zero-order valence-corrected chi connectivity index (χ0v) is 14.0. The number of carbonyl (C=O) groups excluding carboxylic acids is 1. The maximum absolute atomic E-state index is 12.7. The van der Waals surface area contributed by atoms with Gasteiger partial charge in [-0.25, -0.2) is 8.42 Å². The minimum Gasteiger partial charge on any atom is -0.469 e. The SMILES string of the molecule is COC(=O)C(C)CS(=O)(=O)N1CCCN(C)c2ccccc21. The number of ether oxygens (including phenoxy) is 1. The van der Waals surface area contributed by atoms with Crippen molar-refractivity contribution in [3.63, 3.8) is 0 Å². The normalized spacial score (nSPS) is 16.7. The fraction of sp³-hybridized carbons (Fsp3) is 0.533. The van der Waals surface area contributed by atoms with Gasteiger partial charge in [-0.1, -0.05) is 19.1 Å². The summed E-state index contributed by atoms with van der Waals surface area (Å²) in [7, 11) is -0.376. The van der Waals surface area contributed by atoms with Crippen molar-refractivity contribution in [3.8, 4) is 0 Å². The first-order chi connectivity index (χ1) is 10.4. The Labute approximate surface area is 131 Å². The van der Waals surface area contributed by atoms with Crippen molar-refractivity contribution in [1.82, 2.24) is 0 Å². The van der Waals surface area contributed by atoms with Gasteiger partial charge in [0.15, 0.2) is 0 Å². The Kier molecular flexibility index (Phi) is 4.95. The number of hydrogen-bond acceptors (Lipinski definition) is 5. The van der Waals surface area contributed by atoms with E-state index in [0.29, 0.717) is 12.2 Å². The Morgan fingerprint density at radius 1 is 1.27 bits per heavy atom. The minimum atomic E-state index is -3.59. The summed E-state index contributed by atoms with van der Waals surface area (Å²) < 4.78 is 31.5. The molecule has 1 aromatic rings. The van der Waals surface area contributed by atoms with Gasteiger partial charge in [0.25, 0.3) is 0 Å². The van der Waals surface area contributed by atoms with Gasteiger partial charge in [0.05, 0.1) is 30.2 Å². The first-order valence-electron chi connectivity index (χ1n) is 7.25. The molecule has 0 radical (unpaired) electrons. The number of sulfonamides is 1. The van der Waals surface area contributed by atoms with Gasteiger partial charge in [0, 0.05) is 20.1 Å². The van der Waals surface area contributed by atoms with Crippen LogP contribution in [-0.2, 0) is 19.6 Å². The van der Waals surface area contributed by atoms with Crippen LogP contribution in [0.3, 0.4) is 0 Å². The molecule has 122 valence electrons. The second-order valence-corrected chi connectivity index (χ2v) is 7.48. The van der Waals surface area contributed by atoms with E-state index in [0.717, 1.165) is 18.7 Å². The molecule has 0 saturated carbocycles. The second kappa shape index (κ2) is 6.56. The molecule has 1 aliphatic heterocycles. The molecule has 1 atom stereocenters. The highest BCUT2D eigenvalue weighted by Crippen LogP contribution is 2.33. The number of benzene rings is 1. The lowest BCUT2D eigenvalue weighted by molar-refractivity contribution is -0.144. The average Bonchev–Trinajstić information content (AvgIpc) is 2.66. The van der Waals surface area contributed by atoms with Gasteiger partial charge in [-0.05, 0) is 18.6 Å². The lowest BCUT2D eigenvalue weighted by Crippen LogP contribution is -2.37. The van der Waals surface area contributed by atoms with Crippen LogP contribution in [0.5, 0.6) is 0 Å². The Morgan fingerprint density at radius 2 is 1.91 bits per heavy atom. The number of para-hydroxylation sites is 2. The molecule has 1 heterocycles. The number of methoxy groups -OCH3 is 1. The molecule has 0 aliphatic carbocycles. The van der Waals surface area contributed by atoms with Crippen LogP contribution < -0.4 is 9.21 Å². The molecular weight excluding hydrogens is 304 g/mol. The first-order valence-corrected chi connectivity index (χ1v) is 8.86. The first kappa shape index (κ1) is 16.6. The summed E-state index contributed by atoms with van der Waals surface area (Å²) in [6.07, 6.45) is 0.733. The monoisotopic (exact) mass is 326 g/mol. The highest BCUT2D eigenvalue weighted by Gasteiger charge is 2.31. The molecule has 0 saturated heterocycles. The molecule has 0 fully saturated rings. The third kappa shape index (κ3) is 3.35. The zero-order chi connectivity index (χ0) is 16.3. The van der Waals surface area contributed by atoms with Crippen molar-refractivity contribution in [2.75, 3.05) is 42.2 Å². The Hall–Kier alpha value is -1.76. The van der Waals surface area contributed by atoms with Crippen molar-refractivity contribution < 1.29 is 17.9 Å². The maximum atomic E-state index is 12.7. The summed E-state index contributed by atoms with van der Waals surface area (Å²) in [5, 5.41) is 0. The quantitative estimate of drug-likeness (QED) is 0.784. The molecule has 0 bridgehead atoms. The summed E-state index contributed by atoms with van der Waals surface area (Å²) in [6.45, 7) is 2.77. The highest BCUT2D eigenvalue weighted by molar-refractivity contribution is 7.92. The van der Waals surface area contributed by atoms with E-state index in [1.54, 1.807) is 13.0 Å². The van der Waals surface area contributed by atoms with E-state index in [2.05, 4.69) is 9.64 Å². The molecule has 6 nitrogen and oxygen atoms in total. The number of esters is 1. The number of carbonyl (C=O) groups is 1. The molecule has 22 heavy (non-hydrogen) atoms. The molecule has 2 rings (SSSR count). The summed E-state index contributed by atoms with van der Waals surface area (Å²) in [5.41, 5.74) is 1.55. The molecule has 1 aromatic carbocycles. The number of hydrogen-bond donors (Lipinski definition) is 0. The van der Waals surface area contributed by atoms with Crippen molar-refractivity contribution in [2.45, 2.75) is 13.3 Å². The molecular formula is C15H22N2O4S. The van der Waals surface area contributed by atoms with Gasteiger partial charge >= 0.3 is 5.97 Å². The number of rotatable bonds is 4. The van der Waals surface area contributed by atoms with Crippen LogP contribution in [0.2, 0.25) is 0 Å². The van der Waals surface area contributed by atoms with E-state index < -0.39 is 21.9 Å². The van der Waals surface area contributed by atoms with Crippen molar-refractivity contribution in [2.24, 2.45) is 5.92 Å². The number of fused-ring (bicyclic) bond motifs is 1. The van der Waals surface area contributed by atoms with Crippen LogP contribution in [0.1, 0.15) is 13.3 Å². The van der Waals surface area contributed by atoms with Crippen LogP contribution in [-0.4, -0.2) is 47.4 Å². The number of nitrogens with zero attached hydrogens (tertiary/aromatic N) is 2. The topological polar surface area (TPSA) is 66.9 Å². The van der Waals surface area contributed by atoms with Crippen LogP contribution in [0.25, 0.3) is 0 Å². The van der Waals surface area contributed by atoms with Crippen molar-refractivity contribution in [3.05, 3.63) is 24.3 Å². The minimum absolute atomic E-state index is 0.252. The van der Waals surface area contributed by atoms with Gasteiger partial charge in [0.1, 0.15) is 0 Å². The Bertz CT molecular complexity index is 645. The van der Waals surface area contributed by atoms with Crippen molar-refractivity contribution in [1.29, 1.82) is 0 Å². The predicted molar refractivity (Wildman–Crippen MR) is 86.6 cm³/mol. The molecule has 0 amide bonds. The average molecular weight is 326 g/mol. The van der Waals surface area contributed by atoms with Crippen molar-refractivity contribution >= 4 is 27.4 Å². The molecule has 1 unspecified atom stereocenters. The molecule has 7 heteroatoms.